The fourth-order valence-electron chi connectivity index (χ4n) is 1.42. The molecule has 0 aliphatic carbocycles. The molecule has 0 spiro atoms. The highest BCUT2D eigenvalue weighted by Crippen LogP contribution is 2.36. The van der Waals surface area contributed by atoms with Crippen molar-refractivity contribution in [3.8, 4) is 0 Å². The number of hydrogen-bond donors (Lipinski definition) is 1. The second kappa shape index (κ2) is 6.43. The summed E-state index contributed by atoms with van der Waals surface area (Å²) in [5.41, 5.74) is -0.999. The van der Waals surface area contributed by atoms with Gasteiger partial charge in [-0.1, -0.05) is 6.07 Å². The van der Waals surface area contributed by atoms with E-state index in [1.54, 1.807) is 0 Å². The molecule has 1 N–H and O–H groups in total. The number of nitrogens with one attached hydrogen (secondary N) is 1. The van der Waals surface area contributed by atoms with E-state index < -0.39 is 44.9 Å². The van der Waals surface area contributed by atoms with Gasteiger partial charge in [0.25, 0.3) is 5.91 Å². The lowest BCUT2D eigenvalue weighted by atomic mass is 10.2. The van der Waals surface area contributed by atoms with Crippen LogP contribution in [0.25, 0.3) is 0 Å². The number of rotatable bonds is 4. The molecule has 13 heteroatoms. The average Bonchev–Trinajstić information content (AvgIpc) is 2.32. The Labute approximate surface area is 138 Å². The highest BCUT2D eigenvalue weighted by molar-refractivity contribution is 14.1. The Bertz CT molecular complexity index is 700. The number of halogens is 7. The SMILES string of the molecule is O=C(NC(C(F)(F)F)C(F)(F)S(=O)(=O)[O-])c1c(F)cccc1I. The van der Waals surface area contributed by atoms with Gasteiger partial charge in [0.2, 0.25) is 6.04 Å². The van der Waals surface area contributed by atoms with Crippen LogP contribution in [0.5, 0.6) is 0 Å². The van der Waals surface area contributed by atoms with E-state index in [-0.39, 0.29) is 3.57 Å². The zero-order valence-electron chi connectivity index (χ0n) is 10.5. The maximum Gasteiger partial charge on any atom is 0.415 e. The number of carbonyl (C=O) groups is 1. The highest BCUT2D eigenvalue weighted by Gasteiger charge is 2.60. The lowest BCUT2D eigenvalue weighted by molar-refractivity contribution is -0.191. The monoisotopic (exact) mass is 476 g/mol. The first-order valence-electron chi connectivity index (χ1n) is 5.34. The minimum absolute atomic E-state index is 0.214. The first-order chi connectivity index (χ1) is 10.2. The molecule has 1 aromatic carbocycles. The molecule has 0 aromatic heterocycles. The van der Waals surface area contributed by atoms with Crippen molar-refractivity contribution >= 4 is 38.6 Å². The van der Waals surface area contributed by atoms with Gasteiger partial charge in [0, 0.05) is 3.57 Å². The third-order valence-corrected chi connectivity index (χ3v) is 4.26. The minimum atomic E-state index is -6.75. The maximum absolute atomic E-state index is 13.5. The van der Waals surface area contributed by atoms with E-state index in [2.05, 4.69) is 0 Å². The summed E-state index contributed by atoms with van der Waals surface area (Å²) >= 11 is 1.36. The molecule has 5 nitrogen and oxygen atoms in total. The number of benzene rings is 1. The molecule has 130 valence electrons. The summed E-state index contributed by atoms with van der Waals surface area (Å²) in [6, 6.07) is -1.45. The maximum atomic E-state index is 13.5. The Morgan fingerprint density at radius 2 is 1.74 bits per heavy atom. The van der Waals surface area contributed by atoms with Crippen molar-refractivity contribution in [3.05, 3.63) is 33.1 Å². The summed E-state index contributed by atoms with van der Waals surface area (Å²) in [7, 11) is -6.75. The van der Waals surface area contributed by atoms with Crippen molar-refractivity contribution in [1.29, 1.82) is 0 Å². The normalized spacial score (nSPS) is 14.4. The van der Waals surface area contributed by atoms with Crippen LogP contribution in [0.1, 0.15) is 10.4 Å². The van der Waals surface area contributed by atoms with Crippen LogP contribution in [-0.2, 0) is 10.1 Å². The van der Waals surface area contributed by atoms with E-state index in [0.29, 0.717) is 11.4 Å². The number of amides is 1. The molecular weight excluding hydrogens is 471 g/mol. The zero-order chi connectivity index (χ0) is 18.2. The highest BCUT2D eigenvalue weighted by atomic mass is 127. The van der Waals surface area contributed by atoms with Crippen LogP contribution in [-0.4, -0.2) is 36.4 Å². The average molecular weight is 476 g/mol. The topological polar surface area (TPSA) is 86.3 Å². The van der Waals surface area contributed by atoms with Crippen LogP contribution < -0.4 is 5.32 Å². The zero-order valence-corrected chi connectivity index (χ0v) is 13.5. The van der Waals surface area contributed by atoms with Gasteiger partial charge in [0.15, 0.2) is 10.1 Å². The van der Waals surface area contributed by atoms with Crippen LogP contribution in [0.3, 0.4) is 0 Å². The van der Waals surface area contributed by atoms with Crippen molar-refractivity contribution < 1.29 is 44.1 Å². The Morgan fingerprint density at radius 1 is 1.22 bits per heavy atom. The third-order valence-electron chi connectivity index (χ3n) is 2.46. The van der Waals surface area contributed by atoms with Gasteiger partial charge in [0.05, 0.1) is 5.56 Å². The fourth-order valence-corrected chi connectivity index (χ4v) is 2.61. The molecule has 0 aliphatic heterocycles. The molecule has 0 radical (unpaired) electrons. The summed E-state index contributed by atoms with van der Waals surface area (Å²) < 4.78 is 109. The molecule has 0 fully saturated rings. The summed E-state index contributed by atoms with van der Waals surface area (Å²) in [4.78, 5) is 11.6. The standard InChI is InChI=1S/C10H6F6INO4S/c11-4-2-1-3-5(17)6(4)7(19)18-8(9(12,13)14)10(15,16)23(20,21)22/h1-3,8H,(H,18,19)(H,20,21,22)/p-1. The molecule has 1 aromatic rings. The molecule has 0 saturated carbocycles. The molecule has 0 bridgehead atoms. The summed E-state index contributed by atoms with van der Waals surface area (Å²) in [6.07, 6.45) is -5.98. The quantitative estimate of drug-likeness (QED) is 0.411. The van der Waals surface area contributed by atoms with E-state index in [0.717, 1.165) is 12.1 Å². The van der Waals surface area contributed by atoms with Crippen LogP contribution in [0.15, 0.2) is 18.2 Å². The van der Waals surface area contributed by atoms with Crippen LogP contribution in [0, 0.1) is 9.39 Å². The largest absolute Gasteiger partial charge is 0.743 e. The molecule has 1 amide bonds. The molecule has 0 saturated heterocycles. The number of hydrogen-bond acceptors (Lipinski definition) is 4. The molecular formula is C10H5F6INO4S-. The third kappa shape index (κ3) is 4.26. The summed E-state index contributed by atoms with van der Waals surface area (Å²) in [5.74, 6) is -3.26. The smallest absolute Gasteiger partial charge is 0.415 e. The van der Waals surface area contributed by atoms with E-state index in [9.17, 15) is 44.1 Å². The lowest BCUT2D eigenvalue weighted by Crippen LogP contribution is -2.59. The second-order valence-electron chi connectivity index (χ2n) is 4.06. The Kier molecular flexibility index (Phi) is 5.58. The fraction of sp³-hybridized carbons (Fsp3) is 0.300. The lowest BCUT2D eigenvalue weighted by Gasteiger charge is -2.30. The van der Waals surface area contributed by atoms with Gasteiger partial charge < -0.3 is 9.87 Å². The van der Waals surface area contributed by atoms with Crippen LogP contribution >= 0.6 is 22.6 Å². The Hall–Kier alpha value is -1.09. The van der Waals surface area contributed by atoms with Crippen molar-refractivity contribution in [2.24, 2.45) is 0 Å². The van der Waals surface area contributed by atoms with Gasteiger partial charge in [-0.2, -0.15) is 22.0 Å². The molecule has 1 atom stereocenters. The predicted molar refractivity (Wildman–Crippen MR) is 71.1 cm³/mol. The van der Waals surface area contributed by atoms with Crippen LogP contribution in [0.4, 0.5) is 26.3 Å². The van der Waals surface area contributed by atoms with Gasteiger partial charge in [0.1, 0.15) is 5.82 Å². The van der Waals surface area contributed by atoms with Gasteiger partial charge in [-0.3, -0.25) is 4.79 Å². The van der Waals surface area contributed by atoms with Crippen molar-refractivity contribution in [2.45, 2.75) is 17.5 Å². The van der Waals surface area contributed by atoms with Gasteiger partial charge in [-0.15, -0.1) is 0 Å². The molecule has 1 rings (SSSR count). The first kappa shape index (κ1) is 20.0. The minimum Gasteiger partial charge on any atom is -0.743 e. The van der Waals surface area contributed by atoms with Gasteiger partial charge in [-0.25, -0.2) is 12.8 Å². The number of alkyl halides is 5. The van der Waals surface area contributed by atoms with Crippen molar-refractivity contribution in [3.63, 3.8) is 0 Å². The molecule has 0 heterocycles. The molecule has 1 unspecified atom stereocenters. The number of carbonyl (C=O) groups excluding carboxylic acids is 1. The van der Waals surface area contributed by atoms with Crippen molar-refractivity contribution in [2.75, 3.05) is 0 Å². The van der Waals surface area contributed by atoms with Crippen molar-refractivity contribution in [1.82, 2.24) is 5.32 Å². The van der Waals surface area contributed by atoms with Gasteiger partial charge >= 0.3 is 11.4 Å². The van der Waals surface area contributed by atoms with Gasteiger partial charge in [-0.05, 0) is 34.7 Å². The van der Waals surface area contributed by atoms with E-state index in [1.807, 2.05) is 0 Å². The first-order valence-corrected chi connectivity index (χ1v) is 7.83. The van der Waals surface area contributed by atoms with E-state index in [4.69, 9.17) is 0 Å². The predicted octanol–water partition coefficient (Wildman–Crippen LogP) is 2.23. The van der Waals surface area contributed by atoms with E-state index in [1.165, 1.54) is 22.6 Å². The Morgan fingerprint density at radius 3 is 2.13 bits per heavy atom. The van der Waals surface area contributed by atoms with E-state index >= 15 is 0 Å². The molecule has 23 heavy (non-hydrogen) atoms. The van der Waals surface area contributed by atoms with Crippen LogP contribution in [0.2, 0.25) is 0 Å². The summed E-state index contributed by atoms with van der Waals surface area (Å²) in [5, 5.41) is -5.21. The second-order valence-corrected chi connectivity index (χ2v) is 6.68. The molecule has 0 aliphatic rings. The Balaban J connectivity index is 3.31. The summed E-state index contributed by atoms with van der Waals surface area (Å²) in [6.45, 7) is 0.